The normalized spacial score (nSPS) is 29.4. The van der Waals surface area contributed by atoms with Crippen molar-refractivity contribution in [2.24, 2.45) is 11.8 Å². The van der Waals surface area contributed by atoms with E-state index in [1.807, 2.05) is 0 Å². The molecule has 0 aromatic heterocycles. The van der Waals surface area contributed by atoms with Gasteiger partial charge in [-0.15, -0.1) is 0 Å². The lowest BCUT2D eigenvalue weighted by Crippen LogP contribution is -2.54. The first-order chi connectivity index (χ1) is 17.7. The Morgan fingerprint density at radius 3 is 2.14 bits per heavy atom. The van der Waals surface area contributed by atoms with Gasteiger partial charge in [-0.25, -0.2) is 0 Å². The molecule has 1 heterocycles. The Labute approximate surface area is 214 Å². The fraction of sp³-hybridized carbons (Fsp3) is 0.538. The van der Waals surface area contributed by atoms with Crippen molar-refractivity contribution in [2.45, 2.75) is 36.9 Å². The molecule has 0 spiro atoms. The topological polar surface area (TPSA) is 168 Å². The van der Waals surface area contributed by atoms with Gasteiger partial charge in [-0.2, -0.15) is 0 Å². The molecule has 1 fully saturated rings. The van der Waals surface area contributed by atoms with Crippen LogP contribution in [-0.4, -0.2) is 96.4 Å². The molecule has 0 saturated carbocycles. The van der Waals surface area contributed by atoms with Crippen LogP contribution in [0.4, 0.5) is 0 Å². The van der Waals surface area contributed by atoms with Crippen LogP contribution in [-0.2, 0) is 15.9 Å². The van der Waals surface area contributed by atoms with Crippen molar-refractivity contribution < 1.29 is 54.3 Å². The van der Waals surface area contributed by atoms with E-state index in [0.717, 1.165) is 11.1 Å². The minimum atomic E-state index is -1.46. The standard InChI is InChI=1S/C26H34O11/c1-33-19-5-12-4-14(9-27)16(10-36-26-25(32)23(30)18(29)11-37-26)22(15(12)8-17(19)28)13-6-20(34-2)24(31)21(7-13)35-3/h5-8,14,16,18,22-23,25-32H,4,9-11H2,1-3H3/t14-,16-,18-,22-,23+,25+,26-/m1/s1. The summed E-state index contributed by atoms with van der Waals surface area (Å²) in [7, 11) is 4.29. The number of ether oxygens (including phenoxy) is 5. The van der Waals surface area contributed by atoms with Crippen molar-refractivity contribution >= 4 is 0 Å². The number of methoxy groups -OCH3 is 3. The molecule has 0 radical (unpaired) electrons. The van der Waals surface area contributed by atoms with Crippen LogP contribution in [0.15, 0.2) is 24.3 Å². The third-order valence-corrected chi connectivity index (χ3v) is 7.29. The molecule has 4 rings (SSSR count). The molecule has 1 aliphatic carbocycles. The number of rotatable bonds is 8. The Hall–Kier alpha value is -2.80. The van der Waals surface area contributed by atoms with E-state index in [0.29, 0.717) is 17.7 Å². The number of benzene rings is 2. The molecule has 7 atom stereocenters. The number of fused-ring (bicyclic) bond motifs is 1. The number of aliphatic hydroxyl groups excluding tert-OH is 4. The third kappa shape index (κ3) is 5.15. The van der Waals surface area contributed by atoms with Gasteiger partial charge in [-0.3, -0.25) is 0 Å². The van der Waals surface area contributed by atoms with Crippen LogP contribution in [0.1, 0.15) is 22.6 Å². The van der Waals surface area contributed by atoms with Crippen LogP contribution < -0.4 is 14.2 Å². The van der Waals surface area contributed by atoms with Crippen LogP contribution in [0.5, 0.6) is 28.7 Å². The molecule has 0 bridgehead atoms. The maximum atomic E-state index is 10.6. The molecule has 6 N–H and O–H groups in total. The van der Waals surface area contributed by atoms with Crippen molar-refractivity contribution in [2.75, 3.05) is 41.2 Å². The molecule has 1 aliphatic heterocycles. The molecule has 11 nitrogen and oxygen atoms in total. The van der Waals surface area contributed by atoms with Gasteiger partial charge in [0, 0.05) is 12.5 Å². The van der Waals surface area contributed by atoms with Crippen LogP contribution in [0.2, 0.25) is 0 Å². The number of phenols is 2. The van der Waals surface area contributed by atoms with E-state index in [-0.39, 0.29) is 48.7 Å². The van der Waals surface area contributed by atoms with E-state index in [2.05, 4.69) is 0 Å². The Kier molecular flexibility index (Phi) is 8.32. The Bertz CT molecular complexity index is 1070. The summed E-state index contributed by atoms with van der Waals surface area (Å²) in [5, 5.41) is 61.6. The predicted molar refractivity (Wildman–Crippen MR) is 129 cm³/mol. The lowest BCUT2D eigenvalue weighted by atomic mass is 9.66. The number of phenolic OH excluding ortho intramolecular Hbond substituents is 2. The highest BCUT2D eigenvalue weighted by molar-refractivity contribution is 5.57. The van der Waals surface area contributed by atoms with Gasteiger partial charge < -0.3 is 54.3 Å². The van der Waals surface area contributed by atoms with E-state index < -0.39 is 36.4 Å². The largest absolute Gasteiger partial charge is 0.504 e. The van der Waals surface area contributed by atoms with Crippen molar-refractivity contribution in [3.63, 3.8) is 0 Å². The molecule has 2 aliphatic rings. The third-order valence-electron chi connectivity index (χ3n) is 7.29. The molecule has 1 saturated heterocycles. The van der Waals surface area contributed by atoms with E-state index in [1.54, 1.807) is 24.3 Å². The lowest BCUT2D eigenvalue weighted by molar-refractivity contribution is -0.274. The lowest BCUT2D eigenvalue weighted by Gasteiger charge is -2.41. The van der Waals surface area contributed by atoms with E-state index in [4.69, 9.17) is 23.7 Å². The number of aliphatic hydroxyl groups is 4. The summed E-state index contributed by atoms with van der Waals surface area (Å²) >= 11 is 0. The van der Waals surface area contributed by atoms with Gasteiger partial charge in [0.1, 0.15) is 18.3 Å². The molecule has 2 aromatic carbocycles. The molecule has 11 heteroatoms. The van der Waals surface area contributed by atoms with Crippen molar-refractivity contribution in [1.82, 2.24) is 0 Å². The van der Waals surface area contributed by atoms with Gasteiger partial charge in [0.05, 0.1) is 34.5 Å². The van der Waals surface area contributed by atoms with Crippen LogP contribution in [0.25, 0.3) is 0 Å². The van der Waals surface area contributed by atoms with Gasteiger partial charge in [0.15, 0.2) is 29.3 Å². The SMILES string of the molecule is COc1cc2c(cc1O)[C@@H](c1cc(OC)c(O)c(OC)c1)[C@H](CO[C@@H]1OC[C@@H](O)[C@H](O)[C@@H]1O)[C@@H](CO)C2. The minimum Gasteiger partial charge on any atom is -0.504 e. The zero-order valence-corrected chi connectivity index (χ0v) is 20.9. The van der Waals surface area contributed by atoms with Gasteiger partial charge >= 0.3 is 0 Å². The molecule has 2 aromatic rings. The van der Waals surface area contributed by atoms with Gasteiger partial charge in [0.25, 0.3) is 0 Å². The average Bonchev–Trinajstić information content (AvgIpc) is 2.90. The second-order valence-electron chi connectivity index (χ2n) is 9.37. The Balaban J connectivity index is 1.78. The second kappa shape index (κ2) is 11.3. The summed E-state index contributed by atoms with van der Waals surface area (Å²) in [6, 6.07) is 6.66. The molecule has 37 heavy (non-hydrogen) atoms. The first-order valence-corrected chi connectivity index (χ1v) is 12.0. The number of hydrogen-bond donors (Lipinski definition) is 6. The van der Waals surface area contributed by atoms with Crippen LogP contribution in [0.3, 0.4) is 0 Å². The quantitative estimate of drug-likeness (QED) is 0.286. The van der Waals surface area contributed by atoms with Gasteiger partial charge in [-0.05, 0) is 59.2 Å². The first-order valence-electron chi connectivity index (χ1n) is 12.0. The van der Waals surface area contributed by atoms with Gasteiger partial charge in [0.2, 0.25) is 5.75 Å². The molecular weight excluding hydrogens is 488 g/mol. The number of hydrogen-bond acceptors (Lipinski definition) is 11. The monoisotopic (exact) mass is 522 g/mol. The Morgan fingerprint density at radius 2 is 1.54 bits per heavy atom. The predicted octanol–water partition coefficient (Wildman–Crippen LogP) is 0.492. The zero-order valence-electron chi connectivity index (χ0n) is 20.9. The average molecular weight is 523 g/mol. The highest BCUT2D eigenvalue weighted by atomic mass is 16.7. The van der Waals surface area contributed by atoms with E-state index in [9.17, 15) is 30.6 Å². The maximum absolute atomic E-state index is 10.6. The maximum Gasteiger partial charge on any atom is 0.200 e. The smallest absolute Gasteiger partial charge is 0.200 e. The van der Waals surface area contributed by atoms with Crippen molar-refractivity contribution in [1.29, 1.82) is 0 Å². The summed E-state index contributed by atoms with van der Waals surface area (Å²) in [4.78, 5) is 0. The summed E-state index contributed by atoms with van der Waals surface area (Å²) in [6.07, 6.45) is -4.86. The van der Waals surface area contributed by atoms with Crippen molar-refractivity contribution in [3.8, 4) is 28.7 Å². The fourth-order valence-electron chi connectivity index (χ4n) is 5.28. The summed E-state index contributed by atoms with van der Waals surface area (Å²) in [6.45, 7) is -0.392. The second-order valence-corrected chi connectivity index (χ2v) is 9.37. The van der Waals surface area contributed by atoms with E-state index >= 15 is 0 Å². The fourth-order valence-corrected chi connectivity index (χ4v) is 5.28. The minimum absolute atomic E-state index is 0.00181. The van der Waals surface area contributed by atoms with E-state index in [1.165, 1.54) is 21.3 Å². The molecule has 0 amide bonds. The zero-order chi connectivity index (χ0) is 26.9. The summed E-state index contributed by atoms with van der Waals surface area (Å²) in [5.41, 5.74) is 2.28. The van der Waals surface area contributed by atoms with Crippen LogP contribution >= 0.6 is 0 Å². The Morgan fingerprint density at radius 1 is 0.892 bits per heavy atom. The molecule has 0 unspecified atom stereocenters. The summed E-state index contributed by atoms with van der Waals surface area (Å²) in [5.74, 6) is -0.745. The first kappa shape index (κ1) is 27.2. The van der Waals surface area contributed by atoms with Crippen molar-refractivity contribution in [3.05, 3.63) is 41.0 Å². The molecule has 204 valence electrons. The highest BCUT2D eigenvalue weighted by Gasteiger charge is 2.42. The van der Waals surface area contributed by atoms with Gasteiger partial charge in [-0.1, -0.05) is 0 Å². The van der Waals surface area contributed by atoms with Crippen LogP contribution in [0, 0.1) is 11.8 Å². The highest BCUT2D eigenvalue weighted by Crippen LogP contribution is 2.50. The number of aromatic hydroxyl groups is 2. The molecular formula is C26H34O11. The summed E-state index contributed by atoms with van der Waals surface area (Å²) < 4.78 is 27.3.